The van der Waals surface area contributed by atoms with Gasteiger partial charge in [0, 0.05) is 48.1 Å². The minimum absolute atomic E-state index is 0.0744. The summed E-state index contributed by atoms with van der Waals surface area (Å²) in [7, 11) is 0. The molecule has 0 unspecified atom stereocenters. The first-order valence-electron chi connectivity index (χ1n) is 9.41. The fourth-order valence-corrected chi connectivity index (χ4v) is 4.46. The monoisotopic (exact) mass is 428 g/mol. The van der Waals surface area contributed by atoms with Gasteiger partial charge in [-0.2, -0.15) is 11.8 Å². The second-order valence-corrected chi connectivity index (χ2v) is 8.56. The molecule has 1 fully saturated rings. The molecule has 4 rings (SSSR count). The molecule has 6 nitrogen and oxygen atoms in total. The van der Waals surface area contributed by atoms with Gasteiger partial charge in [0.2, 0.25) is 0 Å². The zero-order chi connectivity index (χ0) is 20.4. The molecule has 1 aromatic carbocycles. The Morgan fingerprint density at radius 1 is 1.24 bits per heavy atom. The molecular formula is C21H21ClN4O2S. The third-order valence-corrected chi connectivity index (χ3v) is 6.17. The zero-order valence-electron chi connectivity index (χ0n) is 16.0. The van der Waals surface area contributed by atoms with Crippen LogP contribution in [0.25, 0.3) is 5.65 Å². The number of hydrogen-bond donors (Lipinski definition) is 1. The summed E-state index contributed by atoms with van der Waals surface area (Å²) >= 11 is 7.83. The molecule has 8 heteroatoms. The minimum Gasteiger partial charge on any atom is -0.379 e. The normalized spacial score (nSPS) is 14.2. The van der Waals surface area contributed by atoms with Crippen molar-refractivity contribution in [2.75, 3.05) is 29.9 Å². The van der Waals surface area contributed by atoms with Gasteiger partial charge in [-0.05, 0) is 36.8 Å². The average Bonchev–Trinajstić information content (AvgIpc) is 2.74. The van der Waals surface area contributed by atoms with E-state index in [1.165, 1.54) is 10.5 Å². The van der Waals surface area contributed by atoms with Gasteiger partial charge in [-0.3, -0.25) is 14.0 Å². The van der Waals surface area contributed by atoms with Gasteiger partial charge in [-0.25, -0.2) is 4.98 Å². The van der Waals surface area contributed by atoms with E-state index >= 15 is 0 Å². The molecule has 0 spiro atoms. The lowest BCUT2D eigenvalue weighted by molar-refractivity contribution is 0.0771. The molecule has 2 aromatic heterocycles. The van der Waals surface area contributed by atoms with E-state index in [0.717, 1.165) is 35.8 Å². The van der Waals surface area contributed by atoms with Gasteiger partial charge in [-0.15, -0.1) is 0 Å². The highest BCUT2D eigenvalue weighted by atomic mass is 35.5. The summed E-state index contributed by atoms with van der Waals surface area (Å²) in [5.74, 6) is 2.04. The number of hydrogen-bond acceptors (Lipinski definition) is 5. The number of halogens is 1. The lowest BCUT2D eigenvalue weighted by Gasteiger charge is -2.27. The number of carbonyl (C=O) groups excluding carboxylic acids is 1. The van der Waals surface area contributed by atoms with Crippen LogP contribution >= 0.6 is 23.4 Å². The number of benzene rings is 1. The van der Waals surface area contributed by atoms with Gasteiger partial charge in [-0.1, -0.05) is 17.7 Å². The fourth-order valence-electron chi connectivity index (χ4n) is 3.40. The van der Waals surface area contributed by atoms with Crippen LogP contribution in [0.5, 0.6) is 0 Å². The van der Waals surface area contributed by atoms with Crippen LogP contribution in [-0.4, -0.2) is 44.8 Å². The van der Waals surface area contributed by atoms with Gasteiger partial charge >= 0.3 is 0 Å². The number of nitrogens with zero attached hydrogens (tertiary/aromatic N) is 3. The molecule has 1 aliphatic rings. The molecule has 0 atom stereocenters. The first-order valence-corrected chi connectivity index (χ1v) is 10.9. The Bertz CT molecular complexity index is 1130. The Morgan fingerprint density at radius 2 is 2.03 bits per heavy atom. The Kier molecular flexibility index (Phi) is 5.78. The van der Waals surface area contributed by atoms with Crippen LogP contribution in [0, 0.1) is 6.92 Å². The van der Waals surface area contributed by atoms with Gasteiger partial charge in [0.15, 0.2) is 0 Å². The molecule has 0 aliphatic carbocycles. The Morgan fingerprint density at radius 3 is 2.83 bits per heavy atom. The van der Waals surface area contributed by atoms with Crippen molar-refractivity contribution >= 4 is 40.6 Å². The van der Waals surface area contributed by atoms with E-state index in [4.69, 9.17) is 11.6 Å². The van der Waals surface area contributed by atoms with E-state index < -0.39 is 0 Å². The lowest BCUT2D eigenvalue weighted by Crippen LogP contribution is -2.38. The summed E-state index contributed by atoms with van der Waals surface area (Å²) < 4.78 is 1.42. The van der Waals surface area contributed by atoms with Crippen LogP contribution in [-0.2, 0) is 6.54 Å². The summed E-state index contributed by atoms with van der Waals surface area (Å²) in [5, 5.41) is 3.80. The molecule has 1 aliphatic heterocycles. The van der Waals surface area contributed by atoms with Crippen LogP contribution in [0.15, 0.2) is 47.4 Å². The van der Waals surface area contributed by atoms with Crippen LogP contribution in [0.3, 0.4) is 0 Å². The van der Waals surface area contributed by atoms with E-state index in [-0.39, 0.29) is 11.5 Å². The van der Waals surface area contributed by atoms with Crippen molar-refractivity contribution < 1.29 is 4.79 Å². The lowest BCUT2D eigenvalue weighted by atomic mass is 10.1. The SMILES string of the molecule is Cc1c(NCc2cc(=O)n3cc(Cl)ccc3n2)cccc1C(=O)N1CCSCC1. The molecule has 1 saturated heterocycles. The van der Waals surface area contributed by atoms with Gasteiger partial charge in [0.1, 0.15) is 5.65 Å². The number of amides is 1. The van der Waals surface area contributed by atoms with E-state index in [1.807, 2.05) is 41.8 Å². The molecule has 150 valence electrons. The van der Waals surface area contributed by atoms with Crippen molar-refractivity contribution in [2.45, 2.75) is 13.5 Å². The van der Waals surface area contributed by atoms with Crippen molar-refractivity contribution in [2.24, 2.45) is 0 Å². The van der Waals surface area contributed by atoms with Gasteiger partial charge in [0.25, 0.3) is 11.5 Å². The summed E-state index contributed by atoms with van der Waals surface area (Å²) in [4.78, 5) is 31.7. The highest BCUT2D eigenvalue weighted by Crippen LogP contribution is 2.22. The summed E-state index contributed by atoms with van der Waals surface area (Å²) in [6.45, 7) is 3.90. The average molecular weight is 429 g/mol. The van der Waals surface area contributed by atoms with Gasteiger partial charge in [0.05, 0.1) is 17.3 Å². The molecular weight excluding hydrogens is 408 g/mol. The van der Waals surface area contributed by atoms with E-state index in [1.54, 1.807) is 18.3 Å². The second-order valence-electron chi connectivity index (χ2n) is 6.90. The summed E-state index contributed by atoms with van der Waals surface area (Å²) in [6, 6.07) is 10.6. The summed E-state index contributed by atoms with van der Waals surface area (Å²) in [6.07, 6.45) is 1.56. The molecule has 1 amide bonds. The Balaban J connectivity index is 1.54. The van der Waals surface area contributed by atoms with E-state index in [9.17, 15) is 9.59 Å². The zero-order valence-corrected chi connectivity index (χ0v) is 17.6. The van der Waals surface area contributed by atoms with Crippen molar-refractivity contribution in [3.63, 3.8) is 0 Å². The van der Waals surface area contributed by atoms with E-state index in [0.29, 0.717) is 28.5 Å². The number of pyridine rings is 1. The first-order chi connectivity index (χ1) is 14.0. The standard InChI is InChI=1S/C21H21ClN4O2S/c1-14-17(21(28)25-7-9-29-10-8-25)3-2-4-18(14)23-12-16-11-20(27)26-13-15(22)5-6-19(26)24-16/h2-6,11,13,23H,7-10,12H2,1H3. The van der Waals surface area contributed by atoms with Crippen molar-refractivity contribution in [3.05, 3.63) is 74.8 Å². The quantitative estimate of drug-likeness (QED) is 0.689. The number of aromatic nitrogens is 2. The number of anilines is 1. The van der Waals surface area contributed by atoms with Crippen LogP contribution in [0.4, 0.5) is 5.69 Å². The smallest absolute Gasteiger partial charge is 0.258 e. The molecule has 0 radical (unpaired) electrons. The van der Waals surface area contributed by atoms with Crippen molar-refractivity contribution in [1.82, 2.24) is 14.3 Å². The summed E-state index contributed by atoms with van der Waals surface area (Å²) in [5.41, 5.74) is 3.46. The highest BCUT2D eigenvalue weighted by molar-refractivity contribution is 7.99. The molecule has 29 heavy (non-hydrogen) atoms. The molecule has 0 bridgehead atoms. The highest BCUT2D eigenvalue weighted by Gasteiger charge is 2.20. The first kappa shape index (κ1) is 19.8. The molecule has 3 aromatic rings. The molecule has 0 saturated carbocycles. The predicted octanol–water partition coefficient (Wildman–Crippen LogP) is 3.46. The minimum atomic E-state index is -0.182. The second kappa shape index (κ2) is 8.47. The van der Waals surface area contributed by atoms with E-state index in [2.05, 4.69) is 10.3 Å². The van der Waals surface area contributed by atoms with Crippen LogP contribution < -0.4 is 10.9 Å². The topological polar surface area (TPSA) is 66.7 Å². The largest absolute Gasteiger partial charge is 0.379 e. The number of nitrogens with one attached hydrogen (secondary N) is 1. The van der Waals surface area contributed by atoms with Crippen LogP contribution in [0.2, 0.25) is 5.02 Å². The number of fused-ring (bicyclic) bond motifs is 1. The van der Waals surface area contributed by atoms with Crippen molar-refractivity contribution in [1.29, 1.82) is 0 Å². The third kappa shape index (κ3) is 4.26. The van der Waals surface area contributed by atoms with Crippen LogP contribution in [0.1, 0.15) is 21.6 Å². The van der Waals surface area contributed by atoms with Gasteiger partial charge < -0.3 is 10.2 Å². The maximum Gasteiger partial charge on any atom is 0.258 e. The Hall–Kier alpha value is -2.51. The predicted molar refractivity (Wildman–Crippen MR) is 118 cm³/mol. The van der Waals surface area contributed by atoms with Crippen molar-refractivity contribution in [3.8, 4) is 0 Å². The molecule has 3 heterocycles. The number of carbonyl (C=O) groups is 1. The Labute approximate surface area is 177 Å². The maximum absolute atomic E-state index is 12.9. The third-order valence-electron chi connectivity index (χ3n) is 5.00. The fraction of sp³-hybridized carbons (Fsp3) is 0.286. The number of thioether (sulfide) groups is 1. The maximum atomic E-state index is 12.9. The number of rotatable bonds is 4. The molecule has 1 N–H and O–H groups in total.